The van der Waals surface area contributed by atoms with Gasteiger partial charge in [-0.05, 0) is 36.8 Å². The van der Waals surface area contributed by atoms with Crippen LogP contribution in [0.15, 0.2) is 54.6 Å². The molecule has 1 amide bonds. The number of benzene rings is 2. The predicted molar refractivity (Wildman–Crippen MR) is 107 cm³/mol. The van der Waals surface area contributed by atoms with E-state index in [0.29, 0.717) is 5.82 Å². The second-order valence-electron chi connectivity index (χ2n) is 6.12. The molecule has 0 radical (unpaired) electrons. The molecule has 0 aliphatic carbocycles. The van der Waals surface area contributed by atoms with Crippen molar-refractivity contribution in [3.05, 3.63) is 65.9 Å². The Morgan fingerprint density at radius 2 is 2.04 bits per heavy atom. The normalized spacial score (nSPS) is 10.9. The number of fused-ring (bicyclic) bond motifs is 1. The van der Waals surface area contributed by atoms with Crippen molar-refractivity contribution in [2.24, 2.45) is 0 Å². The minimum absolute atomic E-state index is 0.120. The van der Waals surface area contributed by atoms with E-state index in [9.17, 15) is 4.79 Å². The molecule has 7 heteroatoms. The maximum absolute atomic E-state index is 12.5. The molecule has 136 valence electrons. The molecule has 0 saturated carbocycles. The van der Waals surface area contributed by atoms with E-state index in [4.69, 9.17) is 4.74 Å². The number of hydrogen-bond donors (Lipinski definition) is 1. The van der Waals surface area contributed by atoms with Crippen LogP contribution in [0.2, 0.25) is 0 Å². The van der Waals surface area contributed by atoms with E-state index in [1.54, 1.807) is 11.8 Å². The van der Waals surface area contributed by atoms with Crippen LogP contribution >= 0.6 is 11.3 Å². The molecule has 0 spiro atoms. The van der Waals surface area contributed by atoms with Crippen molar-refractivity contribution in [1.82, 2.24) is 14.8 Å². The van der Waals surface area contributed by atoms with Crippen LogP contribution < -0.4 is 10.1 Å². The fourth-order valence-electron chi connectivity index (χ4n) is 2.84. The van der Waals surface area contributed by atoms with Crippen LogP contribution in [0.3, 0.4) is 0 Å². The number of ether oxygens (including phenoxy) is 1. The first-order valence-corrected chi connectivity index (χ1v) is 9.29. The standard InChI is InChI=1S/C20H18N4O2S/c1-13-10-18(22-19(25)12-14-6-5-7-15(11-14)26-2)24(23-13)20-21-16-8-3-4-9-17(16)27-20/h3-11H,12H2,1-2H3,(H,22,25). The fraction of sp³-hybridized carbons (Fsp3) is 0.150. The smallest absolute Gasteiger partial charge is 0.229 e. The molecule has 1 N–H and O–H groups in total. The van der Waals surface area contributed by atoms with Gasteiger partial charge in [0, 0.05) is 6.07 Å². The summed E-state index contributed by atoms with van der Waals surface area (Å²) in [6.07, 6.45) is 0.251. The van der Waals surface area contributed by atoms with Crippen molar-refractivity contribution < 1.29 is 9.53 Å². The Balaban J connectivity index is 1.58. The molecule has 2 aromatic carbocycles. The number of para-hydroxylation sites is 1. The summed E-state index contributed by atoms with van der Waals surface area (Å²) < 4.78 is 7.97. The van der Waals surface area contributed by atoms with Gasteiger partial charge in [-0.2, -0.15) is 9.78 Å². The number of thiazole rings is 1. The Morgan fingerprint density at radius 1 is 1.19 bits per heavy atom. The molecule has 0 bridgehead atoms. The maximum atomic E-state index is 12.5. The highest BCUT2D eigenvalue weighted by molar-refractivity contribution is 7.20. The third kappa shape index (κ3) is 3.68. The molecule has 0 unspecified atom stereocenters. The number of carbonyl (C=O) groups excluding carboxylic acids is 1. The Kier molecular flexibility index (Phi) is 4.60. The van der Waals surface area contributed by atoms with Crippen molar-refractivity contribution in [3.63, 3.8) is 0 Å². The summed E-state index contributed by atoms with van der Waals surface area (Å²) in [5.41, 5.74) is 2.61. The van der Waals surface area contributed by atoms with Gasteiger partial charge in [0.2, 0.25) is 11.0 Å². The van der Waals surface area contributed by atoms with E-state index in [1.807, 2.05) is 61.5 Å². The molecular weight excluding hydrogens is 360 g/mol. The SMILES string of the molecule is COc1cccc(CC(=O)Nc2cc(C)nn2-c2nc3ccccc3s2)c1. The van der Waals surface area contributed by atoms with Gasteiger partial charge in [-0.3, -0.25) is 4.79 Å². The Bertz CT molecular complexity index is 1080. The van der Waals surface area contributed by atoms with Crippen LogP contribution in [0.1, 0.15) is 11.3 Å². The number of rotatable bonds is 5. The molecule has 6 nitrogen and oxygen atoms in total. The van der Waals surface area contributed by atoms with E-state index >= 15 is 0 Å². The van der Waals surface area contributed by atoms with Crippen LogP contribution in [-0.4, -0.2) is 27.8 Å². The molecule has 2 heterocycles. The molecular formula is C20H18N4O2S. The summed E-state index contributed by atoms with van der Waals surface area (Å²) in [4.78, 5) is 17.2. The summed E-state index contributed by atoms with van der Waals surface area (Å²) in [6, 6.07) is 17.3. The third-order valence-electron chi connectivity index (χ3n) is 4.06. The zero-order valence-corrected chi connectivity index (χ0v) is 15.8. The van der Waals surface area contributed by atoms with E-state index in [1.165, 1.54) is 11.3 Å². The number of hydrogen-bond acceptors (Lipinski definition) is 5. The molecule has 0 aliphatic heterocycles. The molecule has 0 atom stereocenters. The van der Waals surface area contributed by atoms with Gasteiger partial charge in [-0.1, -0.05) is 35.6 Å². The first-order valence-electron chi connectivity index (χ1n) is 8.48. The first kappa shape index (κ1) is 17.2. The van der Waals surface area contributed by atoms with Crippen molar-refractivity contribution >= 4 is 33.3 Å². The number of aryl methyl sites for hydroxylation is 1. The monoisotopic (exact) mass is 378 g/mol. The molecule has 4 rings (SSSR count). The van der Waals surface area contributed by atoms with Gasteiger partial charge in [0.25, 0.3) is 0 Å². The number of aromatic nitrogens is 3. The van der Waals surface area contributed by atoms with Gasteiger partial charge >= 0.3 is 0 Å². The number of nitrogens with one attached hydrogen (secondary N) is 1. The van der Waals surface area contributed by atoms with Crippen LogP contribution in [0, 0.1) is 6.92 Å². The Morgan fingerprint density at radius 3 is 2.85 bits per heavy atom. The van der Waals surface area contributed by atoms with Gasteiger partial charge in [0.1, 0.15) is 11.6 Å². The molecule has 0 fully saturated rings. The molecule has 0 aliphatic rings. The molecule has 27 heavy (non-hydrogen) atoms. The lowest BCUT2D eigenvalue weighted by atomic mass is 10.1. The highest BCUT2D eigenvalue weighted by Crippen LogP contribution is 2.27. The zero-order chi connectivity index (χ0) is 18.8. The van der Waals surface area contributed by atoms with Crippen LogP contribution in [-0.2, 0) is 11.2 Å². The largest absolute Gasteiger partial charge is 0.497 e. The third-order valence-corrected chi connectivity index (χ3v) is 5.07. The predicted octanol–water partition coefficient (Wildman–Crippen LogP) is 3.98. The van der Waals surface area contributed by atoms with Gasteiger partial charge in [0.05, 0.1) is 29.4 Å². The summed E-state index contributed by atoms with van der Waals surface area (Å²) >= 11 is 1.54. The van der Waals surface area contributed by atoms with Gasteiger partial charge < -0.3 is 10.1 Å². The topological polar surface area (TPSA) is 69.0 Å². The van der Waals surface area contributed by atoms with Gasteiger partial charge in [-0.25, -0.2) is 4.98 Å². The number of carbonyl (C=O) groups is 1. The van der Waals surface area contributed by atoms with Crippen LogP contribution in [0.4, 0.5) is 5.82 Å². The number of nitrogens with zero attached hydrogens (tertiary/aromatic N) is 3. The van der Waals surface area contributed by atoms with Gasteiger partial charge in [-0.15, -0.1) is 0 Å². The van der Waals surface area contributed by atoms with Gasteiger partial charge in [0.15, 0.2) is 0 Å². The maximum Gasteiger partial charge on any atom is 0.229 e. The van der Waals surface area contributed by atoms with E-state index in [0.717, 1.165) is 32.4 Å². The number of methoxy groups -OCH3 is 1. The summed E-state index contributed by atoms with van der Waals surface area (Å²) in [7, 11) is 1.61. The van der Waals surface area contributed by atoms with Crippen LogP contribution in [0.5, 0.6) is 5.75 Å². The van der Waals surface area contributed by atoms with Crippen molar-refractivity contribution in [2.75, 3.05) is 12.4 Å². The number of amides is 1. The second-order valence-corrected chi connectivity index (χ2v) is 7.13. The number of anilines is 1. The van der Waals surface area contributed by atoms with Crippen molar-refractivity contribution in [2.45, 2.75) is 13.3 Å². The summed E-state index contributed by atoms with van der Waals surface area (Å²) in [5.74, 6) is 1.22. The van der Waals surface area contributed by atoms with E-state index in [-0.39, 0.29) is 12.3 Å². The highest BCUT2D eigenvalue weighted by Gasteiger charge is 2.15. The lowest BCUT2D eigenvalue weighted by molar-refractivity contribution is -0.115. The summed E-state index contributed by atoms with van der Waals surface area (Å²) in [6.45, 7) is 1.89. The Hall–Kier alpha value is -3.19. The van der Waals surface area contributed by atoms with Crippen molar-refractivity contribution in [3.8, 4) is 10.9 Å². The molecule has 0 saturated heterocycles. The average molecular weight is 378 g/mol. The quantitative estimate of drug-likeness (QED) is 0.570. The second kappa shape index (κ2) is 7.20. The summed E-state index contributed by atoms with van der Waals surface area (Å²) in [5, 5.41) is 8.16. The zero-order valence-electron chi connectivity index (χ0n) is 15.0. The lowest BCUT2D eigenvalue weighted by Crippen LogP contribution is -2.17. The molecule has 2 aromatic heterocycles. The average Bonchev–Trinajstić information content (AvgIpc) is 3.24. The Labute approximate surface area is 160 Å². The molecule has 4 aromatic rings. The lowest BCUT2D eigenvalue weighted by Gasteiger charge is -2.07. The first-order chi connectivity index (χ1) is 13.1. The minimum atomic E-state index is -0.120. The van der Waals surface area contributed by atoms with Crippen LogP contribution in [0.25, 0.3) is 15.3 Å². The van der Waals surface area contributed by atoms with Crippen molar-refractivity contribution in [1.29, 1.82) is 0 Å². The van der Waals surface area contributed by atoms with E-state index in [2.05, 4.69) is 15.4 Å². The minimum Gasteiger partial charge on any atom is -0.497 e. The highest BCUT2D eigenvalue weighted by atomic mass is 32.1. The van der Waals surface area contributed by atoms with E-state index < -0.39 is 0 Å². The fourth-order valence-corrected chi connectivity index (χ4v) is 3.77.